The normalized spacial score (nSPS) is 28.9. The third kappa shape index (κ3) is 3.76. The van der Waals surface area contributed by atoms with Gasteiger partial charge in [-0.25, -0.2) is 4.39 Å². The number of hydrogen-bond acceptors (Lipinski definition) is 6. The standard InChI is InChI=1S/C20H23FN2O4/c21-16-3-1-2-4-19(16)27-15-7-13-10-23(12-20(13,26)8-15)11-18(25)17-6-5-14(24)9-22-17/h1-6,9,13,15,18,24-26H,7-8,10-12H2/t13-,15+,18?,20-/m0/s1. The van der Waals surface area contributed by atoms with Crippen molar-refractivity contribution >= 4 is 0 Å². The highest BCUT2D eigenvalue weighted by molar-refractivity contribution is 5.24. The van der Waals surface area contributed by atoms with E-state index in [0.29, 0.717) is 38.2 Å². The highest BCUT2D eigenvalue weighted by Gasteiger charge is 2.52. The Bertz CT molecular complexity index is 803. The van der Waals surface area contributed by atoms with E-state index in [2.05, 4.69) is 4.98 Å². The Balaban J connectivity index is 1.35. The molecule has 0 amide bonds. The van der Waals surface area contributed by atoms with Crippen LogP contribution in [0.3, 0.4) is 0 Å². The molecule has 1 saturated carbocycles. The molecular weight excluding hydrogens is 351 g/mol. The number of aromatic nitrogens is 1. The lowest BCUT2D eigenvalue weighted by Gasteiger charge is -2.24. The minimum Gasteiger partial charge on any atom is -0.506 e. The van der Waals surface area contributed by atoms with Gasteiger partial charge in [-0.05, 0) is 30.7 Å². The number of β-amino-alcohol motifs (C(OH)–C–C–N with tert-alkyl or cyclic N) is 2. The summed E-state index contributed by atoms with van der Waals surface area (Å²) >= 11 is 0. The molecule has 6 nitrogen and oxygen atoms in total. The second kappa shape index (κ2) is 7.07. The second-order valence-electron chi connectivity index (χ2n) is 7.56. The van der Waals surface area contributed by atoms with Gasteiger partial charge >= 0.3 is 0 Å². The number of hydrogen-bond donors (Lipinski definition) is 3. The molecule has 0 bridgehead atoms. The largest absolute Gasteiger partial charge is 0.506 e. The minimum absolute atomic E-state index is 0.0225. The zero-order chi connectivity index (χ0) is 19.0. The summed E-state index contributed by atoms with van der Waals surface area (Å²) in [7, 11) is 0. The van der Waals surface area contributed by atoms with Crippen molar-refractivity contribution in [1.82, 2.24) is 9.88 Å². The Labute approximate surface area is 156 Å². The fourth-order valence-electron chi connectivity index (χ4n) is 4.26. The maximum Gasteiger partial charge on any atom is 0.165 e. The van der Waals surface area contributed by atoms with Crippen LogP contribution in [0.25, 0.3) is 0 Å². The third-order valence-electron chi connectivity index (χ3n) is 5.54. The Morgan fingerprint density at radius 3 is 2.81 bits per heavy atom. The summed E-state index contributed by atoms with van der Waals surface area (Å²) in [4.78, 5) is 6.05. The van der Waals surface area contributed by atoms with Crippen molar-refractivity contribution in [2.75, 3.05) is 19.6 Å². The van der Waals surface area contributed by atoms with Gasteiger partial charge in [0.2, 0.25) is 0 Å². The van der Waals surface area contributed by atoms with E-state index in [1.807, 2.05) is 4.90 Å². The van der Waals surface area contributed by atoms with Crippen LogP contribution in [0.5, 0.6) is 11.5 Å². The number of likely N-dealkylation sites (tertiary alicyclic amines) is 1. The molecule has 0 radical (unpaired) electrons. The van der Waals surface area contributed by atoms with E-state index in [1.54, 1.807) is 24.3 Å². The van der Waals surface area contributed by atoms with E-state index in [0.717, 1.165) is 0 Å². The predicted molar refractivity (Wildman–Crippen MR) is 95.8 cm³/mol. The van der Waals surface area contributed by atoms with Crippen molar-refractivity contribution in [3.05, 3.63) is 54.1 Å². The highest BCUT2D eigenvalue weighted by atomic mass is 19.1. The molecule has 1 unspecified atom stereocenters. The van der Waals surface area contributed by atoms with Gasteiger partial charge in [0.15, 0.2) is 11.6 Å². The number of rotatable bonds is 5. The van der Waals surface area contributed by atoms with Crippen LogP contribution in [0, 0.1) is 11.7 Å². The quantitative estimate of drug-likeness (QED) is 0.741. The Morgan fingerprint density at radius 1 is 1.30 bits per heavy atom. The molecule has 1 aliphatic carbocycles. The van der Waals surface area contributed by atoms with E-state index >= 15 is 0 Å². The molecule has 1 aromatic heterocycles. The molecule has 4 atom stereocenters. The summed E-state index contributed by atoms with van der Waals surface area (Å²) in [5, 5.41) is 30.6. The fourth-order valence-corrected chi connectivity index (χ4v) is 4.26. The SMILES string of the molecule is Oc1ccc(C(O)CN2C[C@@H]3C[C@@H](Oc4ccccc4F)C[C@]3(O)C2)nc1. The number of nitrogens with zero attached hydrogens (tertiary/aromatic N) is 2. The molecule has 1 saturated heterocycles. The molecule has 1 aliphatic heterocycles. The Kier molecular flexibility index (Phi) is 4.75. The average Bonchev–Trinajstić information content (AvgIpc) is 3.07. The van der Waals surface area contributed by atoms with Crippen LogP contribution in [0.2, 0.25) is 0 Å². The van der Waals surface area contributed by atoms with Crippen LogP contribution < -0.4 is 4.74 Å². The second-order valence-corrected chi connectivity index (χ2v) is 7.56. The number of aliphatic hydroxyl groups is 2. The van der Waals surface area contributed by atoms with E-state index in [4.69, 9.17) is 4.74 Å². The van der Waals surface area contributed by atoms with E-state index < -0.39 is 17.5 Å². The van der Waals surface area contributed by atoms with Crippen LogP contribution in [-0.2, 0) is 0 Å². The zero-order valence-electron chi connectivity index (χ0n) is 14.8. The molecule has 144 valence electrons. The van der Waals surface area contributed by atoms with Crippen molar-refractivity contribution in [1.29, 1.82) is 0 Å². The Hall–Kier alpha value is -2.22. The van der Waals surface area contributed by atoms with Crippen molar-refractivity contribution in [3.8, 4) is 11.5 Å². The summed E-state index contributed by atoms with van der Waals surface area (Å²) < 4.78 is 19.5. The first-order chi connectivity index (χ1) is 12.9. The van der Waals surface area contributed by atoms with Gasteiger partial charge in [0.1, 0.15) is 18.0 Å². The third-order valence-corrected chi connectivity index (χ3v) is 5.54. The molecule has 0 spiro atoms. The summed E-state index contributed by atoms with van der Waals surface area (Å²) in [6.07, 6.45) is 1.38. The average molecular weight is 374 g/mol. The molecule has 1 aromatic carbocycles. The van der Waals surface area contributed by atoms with Gasteiger partial charge in [-0.2, -0.15) is 0 Å². The molecule has 4 rings (SSSR count). The van der Waals surface area contributed by atoms with E-state index in [-0.39, 0.29) is 23.5 Å². The monoisotopic (exact) mass is 374 g/mol. The van der Waals surface area contributed by atoms with Gasteiger partial charge in [-0.1, -0.05) is 12.1 Å². The summed E-state index contributed by atoms with van der Waals surface area (Å²) in [6, 6.07) is 9.38. The van der Waals surface area contributed by atoms with E-state index in [9.17, 15) is 19.7 Å². The lowest BCUT2D eigenvalue weighted by molar-refractivity contribution is 0.0174. The molecule has 2 aliphatic rings. The zero-order valence-corrected chi connectivity index (χ0v) is 14.8. The van der Waals surface area contributed by atoms with Crippen molar-refractivity contribution in [2.45, 2.75) is 30.7 Å². The molecule has 3 N–H and O–H groups in total. The molecular formula is C20H23FN2O4. The smallest absolute Gasteiger partial charge is 0.165 e. The number of ether oxygens (including phenoxy) is 1. The maximum absolute atomic E-state index is 13.8. The molecule has 7 heteroatoms. The lowest BCUT2D eigenvalue weighted by atomic mass is 9.95. The van der Waals surface area contributed by atoms with Crippen LogP contribution in [0.4, 0.5) is 4.39 Å². The number of aliphatic hydroxyl groups excluding tert-OH is 1. The van der Waals surface area contributed by atoms with Gasteiger partial charge in [0.05, 0.1) is 17.5 Å². The maximum atomic E-state index is 13.8. The highest BCUT2D eigenvalue weighted by Crippen LogP contribution is 2.43. The predicted octanol–water partition coefficient (Wildman–Crippen LogP) is 1.86. The van der Waals surface area contributed by atoms with Gasteiger partial charge in [0.25, 0.3) is 0 Å². The first-order valence-electron chi connectivity index (χ1n) is 9.12. The molecule has 2 aromatic rings. The molecule has 27 heavy (non-hydrogen) atoms. The van der Waals surface area contributed by atoms with Crippen LogP contribution >= 0.6 is 0 Å². The van der Waals surface area contributed by atoms with E-state index in [1.165, 1.54) is 18.3 Å². The van der Waals surface area contributed by atoms with Crippen molar-refractivity contribution < 1.29 is 24.4 Å². The van der Waals surface area contributed by atoms with Crippen molar-refractivity contribution in [3.63, 3.8) is 0 Å². The summed E-state index contributed by atoms with van der Waals surface area (Å²) in [5.41, 5.74) is -0.407. The van der Waals surface area contributed by atoms with Gasteiger partial charge in [-0.15, -0.1) is 0 Å². The van der Waals surface area contributed by atoms with Crippen LogP contribution in [0.15, 0.2) is 42.6 Å². The summed E-state index contributed by atoms with van der Waals surface area (Å²) in [5.74, 6) is -0.101. The number of aromatic hydroxyl groups is 1. The number of pyridine rings is 1. The van der Waals surface area contributed by atoms with Crippen molar-refractivity contribution in [2.24, 2.45) is 5.92 Å². The first kappa shape index (κ1) is 18.2. The topological polar surface area (TPSA) is 86.1 Å². The number of halogens is 1. The van der Waals surface area contributed by atoms with Gasteiger partial charge in [-0.3, -0.25) is 9.88 Å². The number of benzene rings is 1. The fraction of sp³-hybridized carbons (Fsp3) is 0.450. The molecule has 2 fully saturated rings. The first-order valence-corrected chi connectivity index (χ1v) is 9.12. The van der Waals surface area contributed by atoms with Gasteiger partial charge < -0.3 is 20.1 Å². The number of para-hydroxylation sites is 1. The Morgan fingerprint density at radius 2 is 2.11 bits per heavy atom. The van der Waals surface area contributed by atoms with Gasteiger partial charge in [0, 0.05) is 32.0 Å². The summed E-state index contributed by atoms with van der Waals surface area (Å²) in [6.45, 7) is 1.43. The lowest BCUT2D eigenvalue weighted by Crippen LogP contribution is -2.36. The van der Waals surface area contributed by atoms with Crippen LogP contribution in [-0.4, -0.2) is 56.5 Å². The molecule has 2 heterocycles. The van der Waals surface area contributed by atoms with Crippen LogP contribution in [0.1, 0.15) is 24.6 Å². The number of fused-ring (bicyclic) bond motifs is 1. The minimum atomic E-state index is -0.891.